The summed E-state index contributed by atoms with van der Waals surface area (Å²) in [5.74, 6) is 1.32. The van der Waals surface area contributed by atoms with Crippen LogP contribution in [0.25, 0.3) is 11.4 Å². The average molecular weight is 325 g/mol. The Morgan fingerprint density at radius 3 is 2.88 bits per heavy atom. The van der Waals surface area contributed by atoms with Crippen LogP contribution in [-0.4, -0.2) is 48.6 Å². The van der Waals surface area contributed by atoms with Crippen LogP contribution < -0.4 is 0 Å². The van der Waals surface area contributed by atoms with Crippen LogP contribution in [0.1, 0.15) is 16.2 Å². The number of nitrogens with one attached hydrogen (secondary N) is 1. The van der Waals surface area contributed by atoms with Crippen molar-refractivity contribution in [3.8, 4) is 11.4 Å². The minimum absolute atomic E-state index is 0.103. The molecule has 0 spiro atoms. The highest BCUT2D eigenvalue weighted by atomic mass is 16.3. The summed E-state index contributed by atoms with van der Waals surface area (Å²) in [4.78, 5) is 25.9. The van der Waals surface area contributed by atoms with Crippen LogP contribution in [0.3, 0.4) is 0 Å². The number of nitrogens with zero attached hydrogens (tertiary/aromatic N) is 4. The lowest BCUT2D eigenvalue weighted by Gasteiger charge is -2.21. The lowest BCUT2D eigenvalue weighted by atomic mass is 10.1. The number of aliphatic hydroxyl groups excluding tert-OH is 1. The second-order valence-corrected chi connectivity index (χ2v) is 5.42. The van der Waals surface area contributed by atoms with E-state index in [1.807, 2.05) is 29.9 Å². The van der Waals surface area contributed by atoms with E-state index in [0.29, 0.717) is 17.9 Å². The second-order valence-electron chi connectivity index (χ2n) is 5.42. The zero-order valence-corrected chi connectivity index (χ0v) is 13.4. The van der Waals surface area contributed by atoms with Crippen LogP contribution in [0, 0.1) is 0 Å². The summed E-state index contributed by atoms with van der Waals surface area (Å²) in [6.45, 7) is 0.485. The predicted octanol–water partition coefficient (Wildman–Crippen LogP) is 1.44. The molecule has 3 rings (SSSR count). The molecular formula is C17H19N5O2. The molecule has 1 amide bonds. The van der Waals surface area contributed by atoms with E-state index < -0.39 is 0 Å². The molecule has 0 unspecified atom stereocenters. The molecule has 0 aliphatic carbocycles. The van der Waals surface area contributed by atoms with Crippen molar-refractivity contribution < 1.29 is 9.90 Å². The highest BCUT2D eigenvalue weighted by Gasteiger charge is 2.18. The van der Waals surface area contributed by atoms with Crippen LogP contribution in [0.15, 0.2) is 49.1 Å². The number of rotatable bonds is 6. The monoisotopic (exact) mass is 325 g/mol. The van der Waals surface area contributed by atoms with Gasteiger partial charge in [0.1, 0.15) is 11.6 Å². The Bertz CT molecular complexity index is 810. The van der Waals surface area contributed by atoms with Crippen molar-refractivity contribution in [3.63, 3.8) is 0 Å². The molecule has 24 heavy (non-hydrogen) atoms. The minimum Gasteiger partial charge on any atom is -0.395 e. The van der Waals surface area contributed by atoms with Gasteiger partial charge in [0.2, 0.25) is 0 Å². The van der Waals surface area contributed by atoms with Gasteiger partial charge in [0.05, 0.1) is 13.2 Å². The standard InChI is InChI=1S/C17H19N5O2/c1-21-8-7-18-15(21)12-22(9-10-23)17(24)14-4-2-3-13(11-14)16-19-5-6-20-16/h2-8,11,23H,9-10,12H2,1H3,(H,19,20). The third kappa shape index (κ3) is 3.36. The summed E-state index contributed by atoms with van der Waals surface area (Å²) in [6, 6.07) is 7.27. The minimum atomic E-state index is -0.152. The van der Waals surface area contributed by atoms with Gasteiger partial charge in [-0.2, -0.15) is 0 Å². The van der Waals surface area contributed by atoms with Crippen LogP contribution in [0.2, 0.25) is 0 Å². The molecule has 2 N–H and O–H groups in total. The van der Waals surface area contributed by atoms with Crippen LogP contribution in [-0.2, 0) is 13.6 Å². The number of carbonyl (C=O) groups is 1. The number of hydrogen-bond donors (Lipinski definition) is 2. The maximum absolute atomic E-state index is 12.8. The molecule has 1 aromatic carbocycles. The highest BCUT2D eigenvalue weighted by Crippen LogP contribution is 2.18. The van der Waals surface area contributed by atoms with E-state index in [1.54, 1.807) is 35.6 Å². The first-order valence-electron chi connectivity index (χ1n) is 7.65. The fraction of sp³-hybridized carbons (Fsp3) is 0.235. The Hall–Kier alpha value is -2.93. The Morgan fingerprint density at radius 2 is 2.21 bits per heavy atom. The van der Waals surface area contributed by atoms with Crippen LogP contribution in [0.4, 0.5) is 0 Å². The highest BCUT2D eigenvalue weighted by molar-refractivity contribution is 5.95. The van der Waals surface area contributed by atoms with E-state index >= 15 is 0 Å². The fourth-order valence-corrected chi connectivity index (χ4v) is 2.50. The number of imidazole rings is 2. The van der Waals surface area contributed by atoms with E-state index in [2.05, 4.69) is 15.0 Å². The quantitative estimate of drug-likeness (QED) is 0.718. The lowest BCUT2D eigenvalue weighted by Crippen LogP contribution is -2.34. The average Bonchev–Trinajstić information content (AvgIpc) is 3.26. The molecule has 7 nitrogen and oxygen atoms in total. The van der Waals surface area contributed by atoms with Gasteiger partial charge in [0.15, 0.2) is 0 Å². The zero-order chi connectivity index (χ0) is 16.9. The third-order valence-electron chi connectivity index (χ3n) is 3.79. The lowest BCUT2D eigenvalue weighted by molar-refractivity contribution is 0.0701. The predicted molar refractivity (Wildman–Crippen MR) is 89.1 cm³/mol. The number of aromatic amines is 1. The van der Waals surface area contributed by atoms with Gasteiger partial charge in [-0.15, -0.1) is 0 Å². The van der Waals surface area contributed by atoms with E-state index in [0.717, 1.165) is 11.4 Å². The van der Waals surface area contributed by atoms with Gasteiger partial charge >= 0.3 is 0 Å². The summed E-state index contributed by atoms with van der Waals surface area (Å²) in [6.07, 6.45) is 6.93. The first-order valence-corrected chi connectivity index (χ1v) is 7.65. The molecule has 0 saturated heterocycles. The Morgan fingerprint density at radius 1 is 1.33 bits per heavy atom. The molecule has 0 aliphatic rings. The van der Waals surface area contributed by atoms with E-state index in [9.17, 15) is 9.90 Å². The molecule has 0 radical (unpaired) electrons. The van der Waals surface area contributed by atoms with Gasteiger partial charge in [-0.1, -0.05) is 12.1 Å². The van der Waals surface area contributed by atoms with Crippen LogP contribution >= 0.6 is 0 Å². The first kappa shape index (κ1) is 15.9. The van der Waals surface area contributed by atoms with E-state index in [4.69, 9.17) is 0 Å². The molecule has 2 heterocycles. The van der Waals surface area contributed by atoms with E-state index in [1.165, 1.54) is 0 Å². The molecule has 2 aromatic heterocycles. The van der Waals surface area contributed by atoms with Gasteiger partial charge in [-0.05, 0) is 12.1 Å². The number of hydrogen-bond acceptors (Lipinski definition) is 4. The maximum atomic E-state index is 12.8. The second kappa shape index (κ2) is 7.10. The number of benzene rings is 1. The molecule has 0 saturated carbocycles. The number of H-pyrrole nitrogens is 1. The topological polar surface area (TPSA) is 87.0 Å². The molecule has 3 aromatic rings. The molecular weight excluding hydrogens is 306 g/mol. The smallest absolute Gasteiger partial charge is 0.254 e. The van der Waals surface area contributed by atoms with Gasteiger partial charge in [0, 0.05) is 49.5 Å². The molecule has 124 valence electrons. The van der Waals surface area contributed by atoms with Crippen molar-refractivity contribution in [2.75, 3.05) is 13.2 Å². The summed E-state index contributed by atoms with van der Waals surface area (Å²) in [5.41, 5.74) is 1.39. The van der Waals surface area contributed by atoms with Gasteiger partial charge < -0.3 is 19.6 Å². The van der Waals surface area contributed by atoms with Crippen molar-refractivity contribution in [1.82, 2.24) is 24.4 Å². The van der Waals surface area contributed by atoms with Gasteiger partial charge in [-0.3, -0.25) is 4.79 Å². The summed E-state index contributed by atoms with van der Waals surface area (Å²) in [7, 11) is 1.88. The summed E-state index contributed by atoms with van der Waals surface area (Å²) >= 11 is 0. The Kier molecular flexibility index (Phi) is 4.72. The molecule has 0 bridgehead atoms. The van der Waals surface area contributed by atoms with Crippen molar-refractivity contribution in [1.29, 1.82) is 0 Å². The number of aryl methyl sites for hydroxylation is 1. The Labute approximate surface area is 139 Å². The zero-order valence-electron chi connectivity index (χ0n) is 13.4. The number of aliphatic hydroxyl groups is 1. The summed E-state index contributed by atoms with van der Waals surface area (Å²) < 4.78 is 1.86. The van der Waals surface area contributed by atoms with Crippen molar-refractivity contribution >= 4 is 5.91 Å². The largest absolute Gasteiger partial charge is 0.395 e. The maximum Gasteiger partial charge on any atom is 0.254 e. The van der Waals surface area contributed by atoms with Crippen molar-refractivity contribution in [3.05, 3.63) is 60.4 Å². The Balaban J connectivity index is 1.85. The normalized spacial score (nSPS) is 10.8. The number of carbonyl (C=O) groups excluding carboxylic acids is 1. The van der Waals surface area contributed by atoms with Crippen molar-refractivity contribution in [2.45, 2.75) is 6.54 Å². The number of aromatic nitrogens is 4. The third-order valence-corrected chi connectivity index (χ3v) is 3.79. The molecule has 0 aliphatic heterocycles. The molecule has 0 fully saturated rings. The van der Waals surface area contributed by atoms with Gasteiger partial charge in [0.25, 0.3) is 5.91 Å². The van der Waals surface area contributed by atoms with E-state index in [-0.39, 0.29) is 19.1 Å². The molecule has 7 heteroatoms. The first-order chi connectivity index (χ1) is 11.7. The summed E-state index contributed by atoms with van der Waals surface area (Å²) in [5, 5.41) is 9.30. The SMILES string of the molecule is Cn1ccnc1CN(CCO)C(=O)c1cccc(-c2ncc[nH]2)c1. The molecule has 0 atom stereocenters. The van der Waals surface area contributed by atoms with Gasteiger partial charge in [-0.25, -0.2) is 9.97 Å². The number of amides is 1. The van der Waals surface area contributed by atoms with Crippen molar-refractivity contribution in [2.24, 2.45) is 7.05 Å². The van der Waals surface area contributed by atoms with Crippen LogP contribution in [0.5, 0.6) is 0 Å². The fourth-order valence-electron chi connectivity index (χ4n) is 2.50.